The lowest BCUT2D eigenvalue weighted by Gasteiger charge is -2.14. The Balaban J connectivity index is 2.19. The fraction of sp³-hybridized carbons (Fsp3) is 0.571. The van der Waals surface area contributed by atoms with Crippen molar-refractivity contribution in [3.8, 4) is 0 Å². The number of benzene rings is 1. The molecule has 1 nitrogen and oxygen atoms in total. The van der Waals surface area contributed by atoms with Crippen LogP contribution >= 0.6 is 0 Å². The van der Waals surface area contributed by atoms with Gasteiger partial charge in [-0.3, -0.25) is 0 Å². The molecule has 2 rings (SSSR count). The molecule has 2 atom stereocenters. The van der Waals surface area contributed by atoms with Gasteiger partial charge in [-0.05, 0) is 57.2 Å². The van der Waals surface area contributed by atoms with Crippen LogP contribution < -0.4 is 5.32 Å². The Morgan fingerprint density at radius 3 is 2.67 bits per heavy atom. The Kier molecular flexibility index (Phi) is 3.11. The number of aryl methyl sites for hydroxylation is 2. The third-order valence-corrected chi connectivity index (χ3v) is 3.72. The molecule has 0 aliphatic heterocycles. The number of rotatable bonds is 2. The van der Waals surface area contributed by atoms with Crippen LogP contribution in [0.1, 0.15) is 41.9 Å². The van der Waals surface area contributed by atoms with E-state index in [0.29, 0.717) is 0 Å². The Labute approximate surface area is 92.9 Å². The van der Waals surface area contributed by atoms with E-state index in [9.17, 15) is 0 Å². The van der Waals surface area contributed by atoms with Gasteiger partial charge in [-0.15, -0.1) is 0 Å². The van der Waals surface area contributed by atoms with E-state index in [4.69, 9.17) is 0 Å². The van der Waals surface area contributed by atoms with E-state index >= 15 is 0 Å². The van der Waals surface area contributed by atoms with Gasteiger partial charge in [-0.2, -0.15) is 0 Å². The van der Waals surface area contributed by atoms with E-state index < -0.39 is 0 Å². The molecule has 1 fully saturated rings. The molecule has 1 aliphatic carbocycles. The van der Waals surface area contributed by atoms with E-state index in [0.717, 1.165) is 12.0 Å². The van der Waals surface area contributed by atoms with Crippen molar-refractivity contribution in [2.24, 2.45) is 0 Å². The summed E-state index contributed by atoms with van der Waals surface area (Å²) in [4.78, 5) is 0. The molecule has 1 N–H and O–H groups in total. The average molecular weight is 203 g/mol. The first kappa shape index (κ1) is 10.7. The molecule has 0 amide bonds. The zero-order valence-corrected chi connectivity index (χ0v) is 10.0. The topological polar surface area (TPSA) is 12.0 Å². The Hall–Kier alpha value is -0.820. The van der Waals surface area contributed by atoms with Crippen LogP contribution in [0.2, 0.25) is 0 Å². The lowest BCUT2D eigenvalue weighted by Crippen LogP contribution is -2.21. The Bertz CT molecular complexity index is 343. The molecule has 0 heterocycles. The minimum atomic E-state index is 0.731. The highest BCUT2D eigenvalue weighted by Crippen LogP contribution is 2.36. The molecule has 15 heavy (non-hydrogen) atoms. The largest absolute Gasteiger partial charge is 0.317 e. The van der Waals surface area contributed by atoms with Crippen LogP contribution in [0.4, 0.5) is 0 Å². The molecule has 0 bridgehead atoms. The van der Waals surface area contributed by atoms with Crippen LogP contribution in [0, 0.1) is 13.8 Å². The van der Waals surface area contributed by atoms with E-state index in [-0.39, 0.29) is 0 Å². The van der Waals surface area contributed by atoms with Crippen LogP contribution in [0.5, 0.6) is 0 Å². The van der Waals surface area contributed by atoms with Crippen LogP contribution in [0.3, 0.4) is 0 Å². The molecular weight excluding hydrogens is 182 g/mol. The third kappa shape index (κ3) is 2.23. The molecule has 1 aromatic rings. The smallest absolute Gasteiger partial charge is 0.00701 e. The maximum Gasteiger partial charge on any atom is 0.00701 e. The first-order chi connectivity index (χ1) is 7.20. The second-order valence-electron chi connectivity index (χ2n) is 4.86. The van der Waals surface area contributed by atoms with Gasteiger partial charge in [0, 0.05) is 6.04 Å². The SMILES string of the molecule is CNC1CCC(c2cc(C)ccc2C)C1. The standard InChI is InChI=1S/C14H21N/c1-10-4-5-11(2)14(8-10)12-6-7-13(9-12)15-3/h4-5,8,12-13,15H,6-7,9H2,1-3H3. The van der Waals surface area contributed by atoms with Gasteiger partial charge in [0.25, 0.3) is 0 Å². The van der Waals surface area contributed by atoms with Gasteiger partial charge in [-0.25, -0.2) is 0 Å². The van der Waals surface area contributed by atoms with Gasteiger partial charge in [0.2, 0.25) is 0 Å². The molecule has 1 aromatic carbocycles. The van der Waals surface area contributed by atoms with Gasteiger partial charge in [-0.1, -0.05) is 23.8 Å². The summed E-state index contributed by atoms with van der Waals surface area (Å²) in [6, 6.07) is 7.58. The summed E-state index contributed by atoms with van der Waals surface area (Å²) in [5.74, 6) is 0.780. The van der Waals surface area contributed by atoms with Crippen LogP contribution in [0.15, 0.2) is 18.2 Å². The molecule has 1 aliphatic rings. The second-order valence-corrected chi connectivity index (χ2v) is 4.86. The van der Waals surface area contributed by atoms with Gasteiger partial charge in [0.05, 0.1) is 0 Å². The molecule has 2 unspecified atom stereocenters. The van der Waals surface area contributed by atoms with Gasteiger partial charge >= 0.3 is 0 Å². The zero-order chi connectivity index (χ0) is 10.8. The normalized spacial score (nSPS) is 25.8. The monoisotopic (exact) mass is 203 g/mol. The summed E-state index contributed by atoms with van der Waals surface area (Å²) in [6.07, 6.45) is 3.98. The van der Waals surface area contributed by atoms with Crippen LogP contribution in [-0.4, -0.2) is 13.1 Å². The third-order valence-electron chi connectivity index (χ3n) is 3.72. The molecule has 0 saturated heterocycles. The maximum atomic E-state index is 3.40. The fourth-order valence-electron chi connectivity index (χ4n) is 2.73. The highest BCUT2D eigenvalue weighted by Gasteiger charge is 2.25. The Morgan fingerprint density at radius 1 is 1.20 bits per heavy atom. The summed E-state index contributed by atoms with van der Waals surface area (Å²) in [7, 11) is 2.08. The lowest BCUT2D eigenvalue weighted by atomic mass is 9.92. The summed E-state index contributed by atoms with van der Waals surface area (Å²) >= 11 is 0. The van der Waals surface area contributed by atoms with Gasteiger partial charge in [0.1, 0.15) is 0 Å². The maximum absolute atomic E-state index is 3.40. The summed E-state index contributed by atoms with van der Waals surface area (Å²) in [5.41, 5.74) is 4.43. The van der Waals surface area contributed by atoms with E-state index in [2.05, 4.69) is 44.4 Å². The first-order valence-electron chi connectivity index (χ1n) is 5.95. The highest BCUT2D eigenvalue weighted by atomic mass is 14.9. The van der Waals surface area contributed by atoms with E-state index in [1.807, 2.05) is 0 Å². The molecule has 0 radical (unpaired) electrons. The number of hydrogen-bond acceptors (Lipinski definition) is 1. The quantitative estimate of drug-likeness (QED) is 0.778. The summed E-state index contributed by atoms with van der Waals surface area (Å²) in [6.45, 7) is 4.43. The number of nitrogens with one attached hydrogen (secondary N) is 1. The van der Waals surface area contributed by atoms with Crippen molar-refractivity contribution >= 4 is 0 Å². The molecule has 82 valence electrons. The van der Waals surface area contributed by atoms with Crippen molar-refractivity contribution in [3.05, 3.63) is 34.9 Å². The van der Waals surface area contributed by atoms with E-state index in [1.54, 1.807) is 5.56 Å². The van der Waals surface area contributed by atoms with Crippen molar-refractivity contribution in [3.63, 3.8) is 0 Å². The van der Waals surface area contributed by atoms with Gasteiger partial charge in [0.15, 0.2) is 0 Å². The van der Waals surface area contributed by atoms with Crippen LogP contribution in [0.25, 0.3) is 0 Å². The fourth-order valence-corrected chi connectivity index (χ4v) is 2.73. The van der Waals surface area contributed by atoms with Crippen molar-refractivity contribution < 1.29 is 0 Å². The van der Waals surface area contributed by atoms with Crippen molar-refractivity contribution in [2.75, 3.05) is 7.05 Å². The predicted molar refractivity (Wildman–Crippen MR) is 65.4 cm³/mol. The highest BCUT2D eigenvalue weighted by molar-refractivity contribution is 5.34. The minimum Gasteiger partial charge on any atom is -0.317 e. The summed E-state index contributed by atoms with van der Waals surface area (Å²) < 4.78 is 0. The van der Waals surface area contributed by atoms with Crippen molar-refractivity contribution in [2.45, 2.75) is 45.1 Å². The van der Waals surface area contributed by atoms with Crippen LogP contribution in [-0.2, 0) is 0 Å². The minimum absolute atomic E-state index is 0.731. The molecular formula is C14H21N. The Morgan fingerprint density at radius 2 is 2.00 bits per heavy atom. The predicted octanol–water partition coefficient (Wildman–Crippen LogP) is 3.16. The number of hydrogen-bond donors (Lipinski definition) is 1. The van der Waals surface area contributed by atoms with Gasteiger partial charge < -0.3 is 5.32 Å². The molecule has 1 saturated carbocycles. The van der Waals surface area contributed by atoms with Crippen molar-refractivity contribution in [1.82, 2.24) is 5.32 Å². The molecule has 0 spiro atoms. The molecule has 1 heteroatoms. The van der Waals surface area contributed by atoms with E-state index in [1.165, 1.54) is 30.4 Å². The zero-order valence-electron chi connectivity index (χ0n) is 10.0. The average Bonchev–Trinajstić information content (AvgIpc) is 2.70. The second kappa shape index (κ2) is 4.36. The lowest BCUT2D eigenvalue weighted by molar-refractivity contribution is 0.571. The van der Waals surface area contributed by atoms with Crippen molar-refractivity contribution in [1.29, 1.82) is 0 Å². The molecule has 0 aromatic heterocycles. The summed E-state index contributed by atoms with van der Waals surface area (Å²) in [5, 5.41) is 3.40. The first-order valence-corrected chi connectivity index (χ1v) is 5.95.